The molecule has 2 aromatic rings. The van der Waals surface area contributed by atoms with Gasteiger partial charge in [0.25, 0.3) is 0 Å². The van der Waals surface area contributed by atoms with Crippen molar-refractivity contribution < 1.29 is 17.9 Å². The Hall–Kier alpha value is -1.80. The SMILES string of the molecule is Cc1ccc(NC(=S)Nc2cccc(OC(F)(F)F)c2)c(Br)c1. The molecule has 0 radical (unpaired) electrons. The molecule has 0 unspecified atom stereocenters. The van der Waals surface area contributed by atoms with Gasteiger partial charge >= 0.3 is 6.36 Å². The number of benzene rings is 2. The van der Waals surface area contributed by atoms with Crippen LogP contribution in [0.4, 0.5) is 24.5 Å². The molecule has 0 spiro atoms. The van der Waals surface area contributed by atoms with Gasteiger partial charge in [-0.05, 0) is 64.9 Å². The van der Waals surface area contributed by atoms with Crippen molar-refractivity contribution in [2.75, 3.05) is 10.6 Å². The summed E-state index contributed by atoms with van der Waals surface area (Å²) in [5, 5.41) is 6.02. The lowest BCUT2D eigenvalue weighted by atomic mass is 10.2. The molecule has 2 N–H and O–H groups in total. The predicted molar refractivity (Wildman–Crippen MR) is 91.8 cm³/mol. The van der Waals surface area contributed by atoms with Crippen LogP contribution in [-0.4, -0.2) is 11.5 Å². The highest BCUT2D eigenvalue weighted by molar-refractivity contribution is 9.10. The molecule has 0 atom stereocenters. The Balaban J connectivity index is 2.04. The Morgan fingerprint density at radius 3 is 2.52 bits per heavy atom. The third kappa shape index (κ3) is 5.72. The zero-order valence-corrected chi connectivity index (χ0v) is 14.3. The van der Waals surface area contributed by atoms with Crippen molar-refractivity contribution in [1.29, 1.82) is 0 Å². The van der Waals surface area contributed by atoms with Crippen molar-refractivity contribution in [3.8, 4) is 5.75 Å². The van der Waals surface area contributed by atoms with E-state index in [1.807, 2.05) is 25.1 Å². The summed E-state index contributed by atoms with van der Waals surface area (Å²) >= 11 is 8.57. The summed E-state index contributed by atoms with van der Waals surface area (Å²) in [6, 6.07) is 11.1. The van der Waals surface area contributed by atoms with Gasteiger partial charge in [0.05, 0.1) is 5.69 Å². The van der Waals surface area contributed by atoms with Crippen molar-refractivity contribution in [2.45, 2.75) is 13.3 Å². The Morgan fingerprint density at radius 1 is 1.13 bits per heavy atom. The lowest BCUT2D eigenvalue weighted by molar-refractivity contribution is -0.274. The first-order chi connectivity index (χ1) is 10.7. The Labute approximate surface area is 145 Å². The molecule has 2 aromatic carbocycles. The van der Waals surface area contributed by atoms with Gasteiger partial charge in [-0.3, -0.25) is 0 Å². The molecule has 0 aromatic heterocycles. The van der Waals surface area contributed by atoms with Crippen LogP contribution in [0.5, 0.6) is 5.75 Å². The van der Waals surface area contributed by atoms with Crippen molar-refractivity contribution >= 4 is 44.6 Å². The molecule has 0 fully saturated rings. The normalized spacial score (nSPS) is 11.0. The fourth-order valence-corrected chi connectivity index (χ4v) is 2.60. The van der Waals surface area contributed by atoms with Crippen LogP contribution in [-0.2, 0) is 0 Å². The number of anilines is 2. The minimum Gasteiger partial charge on any atom is -0.406 e. The summed E-state index contributed by atoms with van der Waals surface area (Å²) in [6.45, 7) is 1.96. The second-order valence-electron chi connectivity index (χ2n) is 4.64. The summed E-state index contributed by atoms with van der Waals surface area (Å²) in [5.74, 6) is -0.318. The minimum atomic E-state index is -4.73. The first kappa shape index (κ1) is 17.6. The van der Waals surface area contributed by atoms with Crippen LogP contribution in [0, 0.1) is 6.92 Å². The van der Waals surface area contributed by atoms with E-state index in [1.165, 1.54) is 18.2 Å². The number of hydrogen-bond acceptors (Lipinski definition) is 2. The van der Waals surface area contributed by atoms with E-state index in [2.05, 4.69) is 31.3 Å². The first-order valence-corrected chi connectivity index (χ1v) is 7.63. The van der Waals surface area contributed by atoms with E-state index in [1.54, 1.807) is 6.07 Å². The molecule has 0 saturated carbocycles. The van der Waals surface area contributed by atoms with E-state index in [9.17, 15) is 13.2 Å². The van der Waals surface area contributed by atoms with Crippen LogP contribution < -0.4 is 15.4 Å². The highest BCUT2D eigenvalue weighted by atomic mass is 79.9. The second kappa shape index (κ2) is 7.18. The number of nitrogens with one attached hydrogen (secondary N) is 2. The number of ether oxygens (including phenoxy) is 1. The maximum Gasteiger partial charge on any atom is 0.573 e. The topological polar surface area (TPSA) is 33.3 Å². The van der Waals surface area contributed by atoms with Gasteiger partial charge in [0.15, 0.2) is 5.11 Å². The minimum absolute atomic E-state index is 0.249. The standard InChI is InChI=1S/C15H12BrF3N2OS/c1-9-5-6-13(12(16)7-9)21-14(23)20-10-3-2-4-11(8-10)22-15(17,18)19/h2-8H,1H3,(H2,20,21,23). The molecular weight excluding hydrogens is 393 g/mol. The Morgan fingerprint density at radius 2 is 1.87 bits per heavy atom. The first-order valence-electron chi connectivity index (χ1n) is 6.43. The summed E-state index contributed by atoms with van der Waals surface area (Å²) < 4.78 is 41.3. The number of alkyl halides is 3. The monoisotopic (exact) mass is 404 g/mol. The molecule has 8 heteroatoms. The summed E-state index contributed by atoms with van der Waals surface area (Å²) in [5.41, 5.74) is 2.21. The summed E-state index contributed by atoms with van der Waals surface area (Å²) in [4.78, 5) is 0. The number of thiocarbonyl (C=S) groups is 1. The highest BCUT2D eigenvalue weighted by Gasteiger charge is 2.31. The lowest BCUT2D eigenvalue weighted by Gasteiger charge is -2.14. The van der Waals surface area contributed by atoms with E-state index in [4.69, 9.17) is 12.2 Å². The quantitative estimate of drug-likeness (QED) is 0.664. The lowest BCUT2D eigenvalue weighted by Crippen LogP contribution is -2.20. The fraction of sp³-hybridized carbons (Fsp3) is 0.133. The Bertz CT molecular complexity index is 722. The average Bonchev–Trinajstić information content (AvgIpc) is 2.40. The molecule has 0 amide bonds. The summed E-state index contributed by atoms with van der Waals surface area (Å²) in [6.07, 6.45) is -4.73. The molecule has 0 bridgehead atoms. The number of hydrogen-bond donors (Lipinski definition) is 2. The molecule has 23 heavy (non-hydrogen) atoms. The van der Waals surface area contributed by atoms with Gasteiger partial charge in [0.1, 0.15) is 5.75 Å². The van der Waals surface area contributed by atoms with E-state index >= 15 is 0 Å². The average molecular weight is 405 g/mol. The van der Waals surface area contributed by atoms with Gasteiger partial charge in [0, 0.05) is 16.2 Å². The molecule has 0 heterocycles. The zero-order valence-electron chi connectivity index (χ0n) is 11.9. The van der Waals surface area contributed by atoms with Crippen LogP contribution >= 0.6 is 28.1 Å². The van der Waals surface area contributed by atoms with Crippen LogP contribution in [0.1, 0.15) is 5.56 Å². The zero-order chi connectivity index (χ0) is 17.0. The van der Waals surface area contributed by atoms with Gasteiger partial charge in [-0.2, -0.15) is 0 Å². The Kier molecular flexibility index (Phi) is 5.48. The fourth-order valence-electron chi connectivity index (χ4n) is 1.78. The van der Waals surface area contributed by atoms with Crippen molar-refractivity contribution in [3.05, 3.63) is 52.5 Å². The molecular formula is C15H12BrF3N2OS. The van der Waals surface area contributed by atoms with Crippen LogP contribution in [0.15, 0.2) is 46.9 Å². The third-order valence-electron chi connectivity index (χ3n) is 2.70. The number of halogens is 4. The number of rotatable bonds is 3. The maximum atomic E-state index is 12.2. The smallest absolute Gasteiger partial charge is 0.406 e. The third-order valence-corrected chi connectivity index (χ3v) is 3.56. The largest absolute Gasteiger partial charge is 0.573 e. The molecule has 3 nitrogen and oxygen atoms in total. The van der Waals surface area contributed by atoms with Gasteiger partial charge in [0.2, 0.25) is 0 Å². The van der Waals surface area contributed by atoms with Gasteiger partial charge in [-0.15, -0.1) is 13.2 Å². The van der Waals surface area contributed by atoms with Gasteiger partial charge in [-0.1, -0.05) is 12.1 Å². The van der Waals surface area contributed by atoms with E-state index in [0.29, 0.717) is 5.69 Å². The molecule has 0 saturated heterocycles. The van der Waals surface area contributed by atoms with Crippen LogP contribution in [0.3, 0.4) is 0 Å². The van der Waals surface area contributed by atoms with E-state index in [-0.39, 0.29) is 10.9 Å². The number of aryl methyl sites for hydroxylation is 1. The highest BCUT2D eigenvalue weighted by Crippen LogP contribution is 2.26. The predicted octanol–water partition coefficient (Wildman–Crippen LogP) is 5.47. The summed E-state index contributed by atoms with van der Waals surface area (Å²) in [7, 11) is 0. The van der Waals surface area contributed by atoms with Gasteiger partial charge in [-0.25, -0.2) is 0 Å². The molecule has 0 aliphatic rings. The van der Waals surface area contributed by atoms with Crippen molar-refractivity contribution in [2.24, 2.45) is 0 Å². The molecule has 0 aliphatic heterocycles. The van der Waals surface area contributed by atoms with Crippen LogP contribution in [0.2, 0.25) is 0 Å². The van der Waals surface area contributed by atoms with E-state index in [0.717, 1.165) is 15.7 Å². The molecule has 0 aliphatic carbocycles. The van der Waals surface area contributed by atoms with E-state index < -0.39 is 6.36 Å². The van der Waals surface area contributed by atoms with Gasteiger partial charge < -0.3 is 15.4 Å². The van der Waals surface area contributed by atoms with Crippen molar-refractivity contribution in [3.63, 3.8) is 0 Å². The maximum absolute atomic E-state index is 12.2. The molecule has 2 rings (SSSR count). The molecule has 122 valence electrons. The van der Waals surface area contributed by atoms with Crippen LogP contribution in [0.25, 0.3) is 0 Å². The van der Waals surface area contributed by atoms with Crippen molar-refractivity contribution in [1.82, 2.24) is 0 Å². The second-order valence-corrected chi connectivity index (χ2v) is 5.90.